The first kappa shape index (κ1) is 17.9. The van der Waals surface area contributed by atoms with Crippen molar-refractivity contribution in [3.05, 3.63) is 35.6 Å². The number of hydrogen-bond donors (Lipinski definition) is 1. The van der Waals surface area contributed by atoms with Gasteiger partial charge in [-0.3, -0.25) is 9.59 Å². The van der Waals surface area contributed by atoms with E-state index in [1.807, 2.05) is 6.92 Å². The fraction of sp³-hybridized carbons (Fsp3) is 0.600. The molecular formula is C20H27FN2O2. The second-order valence-corrected chi connectivity index (χ2v) is 7.54. The number of hydrogen-bond acceptors (Lipinski definition) is 2. The highest BCUT2D eigenvalue weighted by atomic mass is 19.1. The minimum Gasteiger partial charge on any atom is -0.351 e. The van der Waals surface area contributed by atoms with Crippen LogP contribution in [0.3, 0.4) is 0 Å². The van der Waals surface area contributed by atoms with Gasteiger partial charge < -0.3 is 10.2 Å². The molecule has 2 aliphatic rings. The summed E-state index contributed by atoms with van der Waals surface area (Å²) in [7, 11) is 0. The molecule has 1 N–H and O–H groups in total. The van der Waals surface area contributed by atoms with E-state index in [1.165, 1.54) is 25.0 Å². The van der Waals surface area contributed by atoms with Crippen molar-refractivity contribution in [1.29, 1.82) is 0 Å². The van der Waals surface area contributed by atoms with Crippen LogP contribution in [0.15, 0.2) is 24.3 Å². The summed E-state index contributed by atoms with van der Waals surface area (Å²) in [4.78, 5) is 27.0. The maximum absolute atomic E-state index is 13.1. The molecule has 0 bridgehead atoms. The highest BCUT2D eigenvalue weighted by Gasteiger charge is 2.47. The average molecular weight is 346 g/mol. The topological polar surface area (TPSA) is 49.4 Å². The number of carbonyl (C=O) groups excluding carboxylic acids is 2. The van der Waals surface area contributed by atoms with E-state index >= 15 is 0 Å². The van der Waals surface area contributed by atoms with Crippen molar-refractivity contribution in [2.45, 2.75) is 76.4 Å². The zero-order chi connectivity index (χ0) is 17.9. The first-order chi connectivity index (χ1) is 12.0. The van der Waals surface area contributed by atoms with E-state index in [4.69, 9.17) is 0 Å². The summed E-state index contributed by atoms with van der Waals surface area (Å²) < 4.78 is 13.1. The average Bonchev–Trinajstić information content (AvgIpc) is 2.79. The van der Waals surface area contributed by atoms with Crippen LogP contribution in [0, 0.1) is 5.82 Å². The van der Waals surface area contributed by atoms with E-state index in [2.05, 4.69) is 5.32 Å². The minimum absolute atomic E-state index is 0.0113. The summed E-state index contributed by atoms with van der Waals surface area (Å²) in [5.74, 6) is -0.361. The molecule has 0 aromatic heterocycles. The van der Waals surface area contributed by atoms with Crippen LogP contribution in [0.2, 0.25) is 0 Å². The smallest absolute Gasteiger partial charge is 0.245 e. The summed E-state index contributed by atoms with van der Waals surface area (Å²) in [6.07, 6.45) is 7.74. The SMILES string of the molecule is CC1(C(=O)NC2CCCCCC2)CCC(=O)N1Cc1ccc(F)cc1. The summed E-state index contributed by atoms with van der Waals surface area (Å²) in [5.41, 5.74) is 0.0164. The van der Waals surface area contributed by atoms with Gasteiger partial charge in [0, 0.05) is 19.0 Å². The summed E-state index contributed by atoms with van der Waals surface area (Å²) in [6.45, 7) is 2.20. The number of rotatable bonds is 4. The fourth-order valence-corrected chi connectivity index (χ4v) is 3.93. The first-order valence-electron chi connectivity index (χ1n) is 9.35. The number of nitrogens with one attached hydrogen (secondary N) is 1. The molecular weight excluding hydrogens is 319 g/mol. The molecule has 0 spiro atoms. The molecule has 0 radical (unpaired) electrons. The van der Waals surface area contributed by atoms with Gasteiger partial charge in [-0.1, -0.05) is 37.8 Å². The maximum atomic E-state index is 13.1. The number of carbonyl (C=O) groups is 2. The Kier molecular flexibility index (Phi) is 5.40. The lowest BCUT2D eigenvalue weighted by atomic mass is 9.95. The van der Waals surface area contributed by atoms with Gasteiger partial charge in [0.05, 0.1) is 0 Å². The molecule has 25 heavy (non-hydrogen) atoms. The monoisotopic (exact) mass is 346 g/mol. The Morgan fingerprint density at radius 1 is 1.20 bits per heavy atom. The summed E-state index contributed by atoms with van der Waals surface area (Å²) >= 11 is 0. The first-order valence-corrected chi connectivity index (χ1v) is 9.35. The lowest BCUT2D eigenvalue weighted by Crippen LogP contribution is -2.56. The zero-order valence-electron chi connectivity index (χ0n) is 14.9. The zero-order valence-corrected chi connectivity index (χ0v) is 14.9. The van der Waals surface area contributed by atoms with Gasteiger partial charge in [-0.05, 0) is 43.9 Å². The lowest BCUT2D eigenvalue weighted by molar-refractivity contribution is -0.141. The quantitative estimate of drug-likeness (QED) is 0.848. The number of likely N-dealkylation sites (tertiary alicyclic amines) is 1. The van der Waals surface area contributed by atoms with E-state index in [0.29, 0.717) is 19.4 Å². The van der Waals surface area contributed by atoms with Crippen LogP contribution < -0.4 is 5.32 Å². The van der Waals surface area contributed by atoms with E-state index in [-0.39, 0.29) is 23.7 Å². The predicted molar refractivity (Wildman–Crippen MR) is 94.2 cm³/mol. The molecule has 2 amide bonds. The molecule has 3 rings (SSSR count). The predicted octanol–water partition coefficient (Wildman–Crippen LogP) is 3.55. The van der Waals surface area contributed by atoms with Crippen molar-refractivity contribution in [2.24, 2.45) is 0 Å². The molecule has 1 aliphatic heterocycles. The standard InChI is InChI=1S/C20H27FN2O2/c1-20(19(25)22-17-6-4-2-3-5-7-17)13-12-18(24)23(20)14-15-8-10-16(21)11-9-15/h8-11,17H,2-7,12-14H2,1H3,(H,22,25). The highest BCUT2D eigenvalue weighted by molar-refractivity contribution is 5.94. The van der Waals surface area contributed by atoms with Crippen molar-refractivity contribution < 1.29 is 14.0 Å². The number of amides is 2. The molecule has 1 saturated carbocycles. The van der Waals surface area contributed by atoms with Crippen molar-refractivity contribution in [3.8, 4) is 0 Å². The van der Waals surface area contributed by atoms with Gasteiger partial charge in [-0.2, -0.15) is 0 Å². The van der Waals surface area contributed by atoms with Crippen LogP contribution in [-0.4, -0.2) is 28.3 Å². The lowest BCUT2D eigenvalue weighted by Gasteiger charge is -2.35. The van der Waals surface area contributed by atoms with Gasteiger partial charge in [0.25, 0.3) is 0 Å². The Morgan fingerprint density at radius 2 is 1.84 bits per heavy atom. The number of halogens is 1. The van der Waals surface area contributed by atoms with Crippen LogP contribution in [0.4, 0.5) is 4.39 Å². The molecule has 1 aromatic carbocycles. The van der Waals surface area contributed by atoms with Crippen LogP contribution >= 0.6 is 0 Å². The Morgan fingerprint density at radius 3 is 2.48 bits per heavy atom. The van der Waals surface area contributed by atoms with E-state index < -0.39 is 5.54 Å². The molecule has 5 heteroatoms. The second kappa shape index (κ2) is 7.54. The molecule has 1 aliphatic carbocycles. The minimum atomic E-state index is -0.822. The van der Waals surface area contributed by atoms with Gasteiger partial charge in [-0.15, -0.1) is 0 Å². The van der Waals surface area contributed by atoms with Gasteiger partial charge in [0.1, 0.15) is 11.4 Å². The molecule has 1 aromatic rings. The summed E-state index contributed by atoms with van der Waals surface area (Å²) in [5, 5.41) is 3.19. The number of benzene rings is 1. The molecule has 1 heterocycles. The van der Waals surface area contributed by atoms with Crippen molar-refractivity contribution in [1.82, 2.24) is 10.2 Å². The summed E-state index contributed by atoms with van der Waals surface area (Å²) in [6, 6.07) is 6.34. The van der Waals surface area contributed by atoms with Crippen molar-refractivity contribution >= 4 is 11.8 Å². The third kappa shape index (κ3) is 4.02. The second-order valence-electron chi connectivity index (χ2n) is 7.54. The Hall–Kier alpha value is -1.91. The van der Waals surface area contributed by atoms with Gasteiger partial charge >= 0.3 is 0 Å². The van der Waals surface area contributed by atoms with Gasteiger partial charge in [0.2, 0.25) is 11.8 Å². The van der Waals surface area contributed by atoms with Crippen LogP contribution in [0.1, 0.15) is 63.9 Å². The molecule has 4 nitrogen and oxygen atoms in total. The number of nitrogens with zero attached hydrogens (tertiary/aromatic N) is 1. The van der Waals surface area contributed by atoms with Crippen molar-refractivity contribution in [2.75, 3.05) is 0 Å². The molecule has 2 fully saturated rings. The normalized spacial score (nSPS) is 25.0. The third-order valence-electron chi connectivity index (χ3n) is 5.66. The molecule has 136 valence electrons. The van der Waals surface area contributed by atoms with Crippen LogP contribution in [-0.2, 0) is 16.1 Å². The van der Waals surface area contributed by atoms with E-state index in [0.717, 1.165) is 31.2 Å². The highest BCUT2D eigenvalue weighted by Crippen LogP contribution is 2.32. The van der Waals surface area contributed by atoms with Crippen LogP contribution in [0.25, 0.3) is 0 Å². The molecule has 1 atom stereocenters. The Labute approximate surface area is 148 Å². The van der Waals surface area contributed by atoms with Gasteiger partial charge in [-0.25, -0.2) is 4.39 Å². The largest absolute Gasteiger partial charge is 0.351 e. The maximum Gasteiger partial charge on any atom is 0.245 e. The Bertz CT molecular complexity index is 623. The van der Waals surface area contributed by atoms with Crippen molar-refractivity contribution in [3.63, 3.8) is 0 Å². The Balaban J connectivity index is 1.71. The van der Waals surface area contributed by atoms with Crippen LogP contribution in [0.5, 0.6) is 0 Å². The van der Waals surface area contributed by atoms with E-state index in [9.17, 15) is 14.0 Å². The fourth-order valence-electron chi connectivity index (χ4n) is 3.93. The van der Waals surface area contributed by atoms with E-state index in [1.54, 1.807) is 17.0 Å². The molecule has 1 saturated heterocycles. The third-order valence-corrected chi connectivity index (χ3v) is 5.66. The van der Waals surface area contributed by atoms with Gasteiger partial charge in [0.15, 0.2) is 0 Å². The molecule has 1 unspecified atom stereocenters.